The van der Waals surface area contributed by atoms with Crippen LogP contribution < -0.4 is 16.7 Å². The molecule has 0 unspecified atom stereocenters. The first-order valence-electron chi connectivity index (χ1n) is 39.3. The molecule has 0 saturated carbocycles. The summed E-state index contributed by atoms with van der Waals surface area (Å²) in [6, 6.07) is 137. The second-order valence-electron chi connectivity index (χ2n) is 29.8. The Bertz CT molecular complexity index is 8110. The normalized spacial score (nSPS) is 11.7. The van der Waals surface area contributed by atoms with E-state index in [1.807, 2.05) is 201 Å². The van der Waals surface area contributed by atoms with E-state index in [-0.39, 0.29) is 16.7 Å². The number of hydrogen-bond acceptors (Lipinski definition) is 6. The van der Waals surface area contributed by atoms with Gasteiger partial charge in [-0.3, -0.25) is 27.6 Å². The summed E-state index contributed by atoms with van der Waals surface area (Å²) >= 11 is 0. The lowest BCUT2D eigenvalue weighted by atomic mass is 9.94. The number of pyridine rings is 3. The van der Waals surface area contributed by atoms with E-state index in [0.29, 0.717) is 33.1 Å². The zero-order valence-corrected chi connectivity index (χ0v) is 63.0. The van der Waals surface area contributed by atoms with Crippen LogP contribution >= 0.6 is 0 Å². The molecular weight excluding hydrogens is 1430 g/mol. The molecule has 6 aromatic heterocycles. The maximum Gasteiger partial charge on any atom is 0.264 e. The number of fused-ring (bicyclic) bond motifs is 12. The topological polar surface area (TPSA) is 103 Å². The summed E-state index contributed by atoms with van der Waals surface area (Å²) in [6.07, 6.45) is 0. The summed E-state index contributed by atoms with van der Waals surface area (Å²) < 4.78 is 5.47. The van der Waals surface area contributed by atoms with Gasteiger partial charge in [0, 0.05) is 70.7 Å². The number of nitrogens with zero attached hydrogens (tertiary/aromatic N) is 6. The first-order chi connectivity index (χ1) is 57.8. The molecule has 9 heteroatoms. The summed E-state index contributed by atoms with van der Waals surface area (Å²) in [7, 11) is 0. The fourth-order valence-electron chi connectivity index (χ4n) is 18.0. The molecule has 24 rings (SSSR count). The van der Waals surface area contributed by atoms with Gasteiger partial charge in [0.25, 0.3) is 16.7 Å². The zero-order valence-electron chi connectivity index (χ0n) is 63.0. The Morgan fingerprint density at radius 2 is 0.470 bits per heavy atom. The van der Waals surface area contributed by atoms with Crippen molar-refractivity contribution in [2.75, 3.05) is 0 Å². The largest absolute Gasteiger partial charge is 0.268 e. The highest BCUT2D eigenvalue weighted by Crippen LogP contribution is 2.45. The molecule has 0 amide bonds. The molecule has 24 aromatic rings. The van der Waals surface area contributed by atoms with Gasteiger partial charge in [0.15, 0.2) is 0 Å². The minimum absolute atomic E-state index is 0.0412. The molecule has 6 heterocycles. The summed E-state index contributed by atoms with van der Waals surface area (Å²) in [4.78, 5) is 58.4. The van der Waals surface area contributed by atoms with E-state index in [4.69, 9.17) is 15.0 Å². The fraction of sp³-hybridized carbons (Fsp3) is 0. The third-order valence-corrected chi connectivity index (χ3v) is 23.3. The smallest absolute Gasteiger partial charge is 0.264 e. The van der Waals surface area contributed by atoms with Crippen molar-refractivity contribution in [3.05, 3.63) is 431 Å². The van der Waals surface area contributed by atoms with Gasteiger partial charge in [0.05, 0.1) is 33.1 Å². The molecule has 0 bridgehead atoms. The lowest BCUT2D eigenvalue weighted by Gasteiger charge is -2.12. The lowest BCUT2D eigenvalue weighted by Crippen LogP contribution is -2.13. The van der Waals surface area contributed by atoms with Crippen molar-refractivity contribution < 1.29 is 0 Å². The first-order valence-corrected chi connectivity index (χ1v) is 39.3. The van der Waals surface area contributed by atoms with Crippen LogP contribution in [0.1, 0.15) is 0 Å². The van der Waals surface area contributed by atoms with Crippen molar-refractivity contribution in [2.45, 2.75) is 0 Å². The molecule has 0 N–H and O–H groups in total. The number of hydrogen-bond donors (Lipinski definition) is 0. The van der Waals surface area contributed by atoms with Gasteiger partial charge in [-0.1, -0.05) is 352 Å². The van der Waals surface area contributed by atoms with Crippen LogP contribution in [0.25, 0.3) is 215 Å². The average Bonchev–Trinajstić information content (AvgIpc) is 1.60. The van der Waals surface area contributed by atoms with E-state index in [1.165, 1.54) is 0 Å². The van der Waals surface area contributed by atoms with E-state index in [9.17, 15) is 14.4 Å². The number of benzene rings is 18. The fourth-order valence-corrected chi connectivity index (χ4v) is 18.0. The SMILES string of the molecule is O=c1c2ccc(-c3ccccc3)c3cccc(c32)c2nc3c(-c4ccccc4)cc(-c4ccccc4)cc3n12.O=c1c2ccc(-c3ccccc3)c3cccc(c32)c2nc3cc(-c4ccccc4)cc(-c4ccccc4)c3n12.O=c1c2cccc3c(-c4ccccc4)ccc(c32)c2nc3c(-c4ccccc4)ccc(-c4ccccc4)c3n12. The van der Waals surface area contributed by atoms with Crippen LogP contribution in [-0.2, 0) is 0 Å². The Kier molecular flexibility index (Phi) is 16.2. The van der Waals surface area contributed by atoms with Crippen molar-refractivity contribution in [2.24, 2.45) is 0 Å². The van der Waals surface area contributed by atoms with Crippen LogP contribution in [0.15, 0.2) is 415 Å². The standard InChI is InChI=1S/3C36H22N2O/c39-36-31-18-10-17-29-26(23-11-4-1-5-12-23)19-22-30(32(29)31)35-37-33-27(24-13-6-2-7-14-24)20-21-28(34(33)38(35)36)25-15-8-3-9-16-25;39-36-30-20-19-27(24-13-6-2-7-14-24)28-17-10-18-29(33(28)30)35-37-34-31(25-15-8-3-9-16-25)21-26(22-32(34)38(35)36)23-11-4-1-5-12-23;39-36-30-20-19-27(24-13-6-2-7-14-24)28-17-10-18-29(33(28)30)35-37-32-22-26(23-11-4-1-5-12-23)21-31(34(32)38(35)36)25-15-8-3-9-16-25/h3*1-22H. The lowest BCUT2D eigenvalue weighted by molar-refractivity contribution is 1.19. The van der Waals surface area contributed by atoms with Crippen molar-refractivity contribution in [3.8, 4) is 100 Å². The monoisotopic (exact) mass is 1490 g/mol. The van der Waals surface area contributed by atoms with Gasteiger partial charge < -0.3 is 0 Å². The molecule has 0 saturated heterocycles. The van der Waals surface area contributed by atoms with E-state index in [0.717, 1.165) is 182 Å². The van der Waals surface area contributed by atoms with Crippen LogP contribution in [0.4, 0.5) is 0 Å². The molecule has 0 radical (unpaired) electrons. The minimum Gasteiger partial charge on any atom is -0.268 e. The number of aromatic nitrogens is 6. The van der Waals surface area contributed by atoms with E-state index < -0.39 is 0 Å². The van der Waals surface area contributed by atoms with Crippen molar-refractivity contribution in [1.82, 2.24) is 28.2 Å². The first kappa shape index (κ1) is 68.0. The van der Waals surface area contributed by atoms with Crippen LogP contribution in [0.5, 0.6) is 0 Å². The van der Waals surface area contributed by atoms with Crippen molar-refractivity contribution in [1.29, 1.82) is 0 Å². The maximum absolute atomic E-state index is 14.4. The minimum atomic E-state index is -0.0433. The van der Waals surface area contributed by atoms with Gasteiger partial charge >= 0.3 is 0 Å². The van der Waals surface area contributed by atoms with Gasteiger partial charge in [0.2, 0.25) is 0 Å². The quantitative estimate of drug-likeness (QED) is 0.143. The average molecular weight is 1500 g/mol. The molecule has 0 fully saturated rings. The molecule has 546 valence electrons. The Hall–Kier alpha value is -15.8. The molecule has 0 aliphatic rings. The van der Waals surface area contributed by atoms with Gasteiger partial charge in [-0.2, -0.15) is 0 Å². The molecule has 0 aliphatic heterocycles. The molecule has 9 nitrogen and oxygen atoms in total. The van der Waals surface area contributed by atoms with Crippen molar-refractivity contribution in [3.63, 3.8) is 0 Å². The Labute approximate surface area is 670 Å². The summed E-state index contributed by atoms with van der Waals surface area (Å²) in [6.45, 7) is 0. The van der Waals surface area contributed by atoms with Gasteiger partial charge in [0.1, 0.15) is 16.9 Å². The molecule has 0 spiro atoms. The molecule has 0 aliphatic carbocycles. The second-order valence-corrected chi connectivity index (χ2v) is 29.8. The van der Waals surface area contributed by atoms with Gasteiger partial charge in [-0.05, 0) is 143 Å². The third-order valence-electron chi connectivity index (χ3n) is 23.3. The predicted molar refractivity (Wildman–Crippen MR) is 484 cm³/mol. The highest BCUT2D eigenvalue weighted by Gasteiger charge is 2.26. The predicted octanol–water partition coefficient (Wildman–Crippen LogP) is 25.8. The van der Waals surface area contributed by atoms with Crippen LogP contribution in [0.3, 0.4) is 0 Å². The van der Waals surface area contributed by atoms with Gasteiger partial charge in [-0.15, -0.1) is 0 Å². The highest BCUT2D eigenvalue weighted by molar-refractivity contribution is 6.23. The summed E-state index contributed by atoms with van der Waals surface area (Å²) in [5.41, 5.74) is 26.3. The van der Waals surface area contributed by atoms with E-state index in [1.54, 1.807) is 0 Å². The van der Waals surface area contributed by atoms with Crippen molar-refractivity contribution >= 4 is 115 Å². The third kappa shape index (κ3) is 11.2. The Morgan fingerprint density at radius 3 is 0.923 bits per heavy atom. The second kappa shape index (κ2) is 27.8. The molecular formula is C108H66N6O3. The maximum atomic E-state index is 14.4. The number of imidazole rings is 3. The van der Waals surface area contributed by atoms with Gasteiger partial charge in [-0.25, -0.2) is 15.0 Å². The van der Waals surface area contributed by atoms with Crippen LogP contribution in [-0.4, -0.2) is 28.2 Å². The molecule has 117 heavy (non-hydrogen) atoms. The molecule has 0 atom stereocenters. The number of rotatable bonds is 9. The van der Waals surface area contributed by atoms with Crippen LogP contribution in [0, 0.1) is 0 Å². The highest BCUT2D eigenvalue weighted by atomic mass is 16.1. The summed E-state index contributed by atoms with van der Waals surface area (Å²) in [5, 5.41) is 11.2. The van der Waals surface area contributed by atoms with E-state index in [2.05, 4.69) is 212 Å². The van der Waals surface area contributed by atoms with E-state index >= 15 is 0 Å². The zero-order chi connectivity index (χ0) is 77.8. The van der Waals surface area contributed by atoms with Crippen LogP contribution in [0.2, 0.25) is 0 Å². The Balaban J connectivity index is 0.000000106. The molecule has 18 aromatic carbocycles. The summed E-state index contributed by atoms with van der Waals surface area (Å²) in [5.74, 6) is 0. The Morgan fingerprint density at radius 1 is 0.179 bits per heavy atom.